The van der Waals surface area contributed by atoms with Crippen molar-refractivity contribution in [2.75, 3.05) is 18.0 Å². The van der Waals surface area contributed by atoms with E-state index in [4.69, 9.17) is 4.74 Å². The summed E-state index contributed by atoms with van der Waals surface area (Å²) in [5.74, 6) is 0. The second-order valence-corrected chi connectivity index (χ2v) is 5.38. The number of nitrogens with zero attached hydrogens (tertiary/aromatic N) is 2. The van der Waals surface area contributed by atoms with Gasteiger partial charge in [-0.2, -0.15) is 5.26 Å². The number of rotatable bonds is 5. The van der Waals surface area contributed by atoms with Crippen LogP contribution in [0.5, 0.6) is 0 Å². The van der Waals surface area contributed by atoms with Crippen molar-refractivity contribution < 1.29 is 14.3 Å². The third-order valence-electron chi connectivity index (χ3n) is 4.00. The van der Waals surface area contributed by atoms with Gasteiger partial charge in [0.05, 0.1) is 24.6 Å². The van der Waals surface area contributed by atoms with Crippen molar-refractivity contribution in [2.45, 2.75) is 24.4 Å². The van der Waals surface area contributed by atoms with Gasteiger partial charge < -0.3 is 10.1 Å². The van der Waals surface area contributed by atoms with Gasteiger partial charge in [-0.05, 0) is 30.5 Å². The van der Waals surface area contributed by atoms with Crippen molar-refractivity contribution in [1.29, 1.82) is 5.26 Å². The summed E-state index contributed by atoms with van der Waals surface area (Å²) in [5.41, 5.74) is 1.42. The minimum atomic E-state index is -0.415. The molecule has 1 aromatic carbocycles. The summed E-state index contributed by atoms with van der Waals surface area (Å²) in [6, 6.07) is 9.82. The fourth-order valence-corrected chi connectivity index (χ4v) is 2.57. The largest absolute Gasteiger partial charge is 0.442 e. The van der Waals surface area contributed by atoms with E-state index in [1.54, 1.807) is 0 Å². The molecule has 0 bridgehead atoms. The second kappa shape index (κ2) is 5.09. The summed E-state index contributed by atoms with van der Waals surface area (Å²) in [6.07, 6.45) is 1.63. The van der Waals surface area contributed by atoms with Crippen LogP contribution in [0.3, 0.4) is 0 Å². The molecule has 2 aliphatic rings. The molecule has 0 spiro atoms. The molecular formula is C15H15N3O3. The zero-order valence-corrected chi connectivity index (χ0v) is 11.4. The first-order valence-electron chi connectivity index (χ1n) is 6.85. The molecule has 1 unspecified atom stereocenters. The van der Waals surface area contributed by atoms with Gasteiger partial charge in [0.25, 0.3) is 0 Å². The Bertz CT molecular complexity index is 602. The molecule has 1 aliphatic carbocycles. The van der Waals surface area contributed by atoms with Crippen molar-refractivity contribution in [2.24, 2.45) is 0 Å². The van der Waals surface area contributed by atoms with Gasteiger partial charge in [-0.15, -0.1) is 0 Å². The number of carbonyl (C=O) groups excluding carboxylic acids is 2. The molecule has 108 valence electrons. The van der Waals surface area contributed by atoms with Crippen LogP contribution in [-0.2, 0) is 14.9 Å². The Hall–Kier alpha value is -2.55. The maximum absolute atomic E-state index is 11.8. The number of amides is 2. The molecule has 1 aromatic rings. The number of nitrogens with one attached hydrogen (secondary N) is 1. The van der Waals surface area contributed by atoms with Gasteiger partial charge in [0.1, 0.15) is 6.10 Å². The summed E-state index contributed by atoms with van der Waals surface area (Å²) >= 11 is 0. The van der Waals surface area contributed by atoms with Crippen LogP contribution in [0.1, 0.15) is 18.4 Å². The number of ether oxygens (including phenoxy) is 1. The molecule has 2 fully saturated rings. The van der Waals surface area contributed by atoms with Crippen molar-refractivity contribution in [3.8, 4) is 6.07 Å². The van der Waals surface area contributed by atoms with Crippen molar-refractivity contribution in [3.05, 3.63) is 29.8 Å². The van der Waals surface area contributed by atoms with Crippen LogP contribution in [0.25, 0.3) is 0 Å². The maximum Gasteiger partial charge on any atom is 0.414 e. The number of cyclic esters (lactones) is 1. The lowest BCUT2D eigenvalue weighted by molar-refractivity contribution is -0.109. The number of anilines is 1. The number of nitriles is 1. The third kappa shape index (κ3) is 2.42. The van der Waals surface area contributed by atoms with Gasteiger partial charge in [0.2, 0.25) is 6.41 Å². The minimum Gasteiger partial charge on any atom is -0.442 e. The SMILES string of the molecule is N#CC1(c2ccc(N3CC(CNC=O)OC3=O)cc2)CC1. The lowest BCUT2D eigenvalue weighted by atomic mass is 9.97. The monoisotopic (exact) mass is 285 g/mol. The lowest BCUT2D eigenvalue weighted by Crippen LogP contribution is -2.30. The van der Waals surface area contributed by atoms with Crippen molar-refractivity contribution >= 4 is 18.2 Å². The summed E-state index contributed by atoms with van der Waals surface area (Å²) in [4.78, 5) is 23.6. The Labute approximate surface area is 122 Å². The molecule has 1 saturated carbocycles. The van der Waals surface area contributed by atoms with Gasteiger partial charge in [-0.1, -0.05) is 12.1 Å². The van der Waals surface area contributed by atoms with E-state index in [-0.39, 0.29) is 11.5 Å². The van der Waals surface area contributed by atoms with E-state index >= 15 is 0 Å². The molecule has 3 rings (SSSR count). The standard InChI is InChI=1S/C15H15N3O3/c16-9-15(5-6-15)11-1-3-12(4-2-11)18-8-13(7-17-10-19)21-14(18)20/h1-4,10,13H,5-8H2,(H,17,19). The van der Waals surface area contributed by atoms with Gasteiger partial charge in [0, 0.05) is 5.69 Å². The van der Waals surface area contributed by atoms with E-state index in [0.29, 0.717) is 19.5 Å². The second-order valence-electron chi connectivity index (χ2n) is 5.38. The van der Waals surface area contributed by atoms with Crippen molar-refractivity contribution in [3.63, 3.8) is 0 Å². The molecule has 0 aromatic heterocycles. The Morgan fingerprint density at radius 3 is 2.71 bits per heavy atom. The van der Waals surface area contributed by atoms with E-state index < -0.39 is 6.09 Å². The topological polar surface area (TPSA) is 82.4 Å². The molecule has 1 N–H and O–H groups in total. The average Bonchev–Trinajstić information content (AvgIpc) is 3.23. The zero-order chi connectivity index (χ0) is 14.9. The third-order valence-corrected chi connectivity index (χ3v) is 4.00. The van der Waals surface area contributed by atoms with Crippen LogP contribution in [0.15, 0.2) is 24.3 Å². The van der Waals surface area contributed by atoms with E-state index in [2.05, 4.69) is 11.4 Å². The molecule has 1 aliphatic heterocycles. The molecule has 1 saturated heterocycles. The van der Waals surface area contributed by atoms with Crippen LogP contribution in [0.2, 0.25) is 0 Å². The Morgan fingerprint density at radius 2 is 2.14 bits per heavy atom. The molecule has 1 heterocycles. The molecule has 2 amide bonds. The summed E-state index contributed by atoms with van der Waals surface area (Å²) in [6.45, 7) is 0.712. The molecule has 6 heteroatoms. The maximum atomic E-state index is 11.8. The van der Waals surface area contributed by atoms with Crippen molar-refractivity contribution in [1.82, 2.24) is 5.32 Å². The van der Waals surface area contributed by atoms with E-state index in [9.17, 15) is 14.9 Å². The highest BCUT2D eigenvalue weighted by molar-refractivity contribution is 5.89. The predicted octanol–water partition coefficient (Wildman–Crippen LogP) is 1.31. The number of hydrogen-bond donors (Lipinski definition) is 1. The fourth-order valence-electron chi connectivity index (χ4n) is 2.57. The van der Waals surface area contributed by atoms with Crippen LogP contribution in [0, 0.1) is 11.3 Å². The number of carbonyl (C=O) groups is 2. The highest BCUT2D eigenvalue weighted by atomic mass is 16.6. The molecule has 1 atom stereocenters. The van der Waals surface area contributed by atoms with Crippen LogP contribution < -0.4 is 10.2 Å². The molecule has 0 radical (unpaired) electrons. The number of hydrogen-bond acceptors (Lipinski definition) is 4. The minimum absolute atomic E-state index is 0.307. The molecule has 6 nitrogen and oxygen atoms in total. The smallest absolute Gasteiger partial charge is 0.414 e. The fraction of sp³-hybridized carbons (Fsp3) is 0.400. The molecule has 21 heavy (non-hydrogen) atoms. The van der Waals surface area contributed by atoms with E-state index in [1.807, 2.05) is 24.3 Å². The van der Waals surface area contributed by atoms with Gasteiger partial charge in [-0.3, -0.25) is 9.69 Å². The highest BCUT2D eigenvalue weighted by Gasteiger charge is 2.44. The summed E-state index contributed by atoms with van der Waals surface area (Å²) < 4.78 is 5.17. The van der Waals surface area contributed by atoms with Crippen LogP contribution >= 0.6 is 0 Å². The normalized spacial score (nSPS) is 22.3. The van der Waals surface area contributed by atoms with Gasteiger partial charge in [0.15, 0.2) is 0 Å². The average molecular weight is 285 g/mol. The predicted molar refractivity (Wildman–Crippen MR) is 74.6 cm³/mol. The first kappa shape index (κ1) is 13.4. The van der Waals surface area contributed by atoms with Crippen LogP contribution in [-0.4, -0.2) is 31.7 Å². The Balaban J connectivity index is 1.71. The zero-order valence-electron chi connectivity index (χ0n) is 11.4. The van der Waals surface area contributed by atoms with Crippen LogP contribution in [0.4, 0.5) is 10.5 Å². The van der Waals surface area contributed by atoms with Gasteiger partial charge >= 0.3 is 6.09 Å². The summed E-state index contributed by atoms with van der Waals surface area (Å²) in [7, 11) is 0. The van der Waals surface area contributed by atoms with E-state index in [0.717, 1.165) is 24.1 Å². The highest BCUT2D eigenvalue weighted by Crippen LogP contribution is 2.47. The Morgan fingerprint density at radius 1 is 1.43 bits per heavy atom. The quantitative estimate of drug-likeness (QED) is 0.827. The molecular weight excluding hydrogens is 270 g/mol. The first-order chi connectivity index (χ1) is 10.2. The Kier molecular flexibility index (Phi) is 3.26. The first-order valence-corrected chi connectivity index (χ1v) is 6.85. The lowest BCUT2D eigenvalue weighted by Gasteiger charge is -2.14. The van der Waals surface area contributed by atoms with E-state index in [1.165, 1.54) is 4.90 Å². The van der Waals surface area contributed by atoms with Gasteiger partial charge in [-0.25, -0.2) is 4.79 Å². The number of benzene rings is 1. The summed E-state index contributed by atoms with van der Waals surface area (Å²) in [5, 5.41) is 11.7.